The van der Waals surface area contributed by atoms with Crippen LogP contribution in [0, 0.1) is 6.92 Å². The Morgan fingerprint density at radius 1 is 1.06 bits per heavy atom. The fraction of sp³-hybridized carbons (Fsp3) is 0.318. The largest absolute Gasteiger partial charge is 0.491 e. The van der Waals surface area contributed by atoms with Crippen molar-refractivity contribution in [3.63, 3.8) is 0 Å². The first-order valence-electron chi connectivity index (χ1n) is 9.79. The van der Waals surface area contributed by atoms with Crippen molar-refractivity contribution in [1.82, 2.24) is 25.4 Å². The molecule has 1 heterocycles. The van der Waals surface area contributed by atoms with E-state index in [0.29, 0.717) is 26.3 Å². The molecule has 0 unspecified atom stereocenters. The Bertz CT molecular complexity index is 945. The number of aryl methyl sites for hydroxylation is 1. The van der Waals surface area contributed by atoms with Crippen LogP contribution in [0.1, 0.15) is 16.7 Å². The summed E-state index contributed by atoms with van der Waals surface area (Å²) in [5.74, 6) is 1.58. The predicted molar refractivity (Wildman–Crippen MR) is 132 cm³/mol. The van der Waals surface area contributed by atoms with Crippen molar-refractivity contribution >= 4 is 29.9 Å². The van der Waals surface area contributed by atoms with Gasteiger partial charge in [-0.15, -0.1) is 24.0 Å². The number of benzene rings is 2. The van der Waals surface area contributed by atoms with Crippen LogP contribution in [0.4, 0.5) is 0 Å². The van der Waals surface area contributed by atoms with E-state index in [-0.39, 0.29) is 24.0 Å². The second kappa shape index (κ2) is 12.9. The molecule has 0 spiro atoms. The molecule has 31 heavy (non-hydrogen) atoms. The lowest BCUT2D eigenvalue weighted by Crippen LogP contribution is -2.36. The van der Waals surface area contributed by atoms with Crippen LogP contribution in [-0.2, 0) is 17.8 Å². The normalized spacial score (nSPS) is 11.0. The minimum atomic E-state index is 0. The second-order valence-corrected chi connectivity index (χ2v) is 6.74. The van der Waals surface area contributed by atoms with Gasteiger partial charge < -0.3 is 20.1 Å². The number of halogens is 1. The minimum Gasteiger partial charge on any atom is -0.491 e. The number of guanidine groups is 1. The number of nitrogens with one attached hydrogen (secondary N) is 2. The highest BCUT2D eigenvalue weighted by atomic mass is 127. The van der Waals surface area contributed by atoms with Crippen molar-refractivity contribution in [3.8, 4) is 11.4 Å². The van der Waals surface area contributed by atoms with Gasteiger partial charge in [-0.2, -0.15) is 5.10 Å². The van der Waals surface area contributed by atoms with Crippen LogP contribution < -0.4 is 15.4 Å². The summed E-state index contributed by atoms with van der Waals surface area (Å²) in [5, 5.41) is 10.8. The molecule has 2 aromatic carbocycles. The van der Waals surface area contributed by atoms with E-state index in [2.05, 4.69) is 56.9 Å². The average molecular weight is 536 g/mol. The molecule has 0 aliphatic carbocycles. The second-order valence-electron chi connectivity index (χ2n) is 6.74. The highest BCUT2D eigenvalue weighted by molar-refractivity contribution is 14.0. The van der Waals surface area contributed by atoms with Gasteiger partial charge in [0.05, 0.1) is 12.3 Å². The van der Waals surface area contributed by atoms with Crippen LogP contribution in [0.15, 0.2) is 60.1 Å². The Morgan fingerprint density at radius 3 is 2.52 bits per heavy atom. The number of methoxy groups -OCH3 is 1. The number of nitrogens with zero attached hydrogens (tertiary/aromatic N) is 4. The lowest BCUT2D eigenvalue weighted by atomic mass is 10.1. The van der Waals surface area contributed by atoms with Gasteiger partial charge >= 0.3 is 0 Å². The van der Waals surface area contributed by atoms with E-state index in [1.807, 2.05) is 18.2 Å². The number of rotatable bonds is 9. The van der Waals surface area contributed by atoms with Crippen LogP contribution in [-0.4, -0.2) is 48.1 Å². The quantitative estimate of drug-likeness (QED) is 0.189. The summed E-state index contributed by atoms with van der Waals surface area (Å²) >= 11 is 0. The smallest absolute Gasteiger partial charge is 0.191 e. The molecule has 0 aliphatic rings. The maximum atomic E-state index is 5.86. The molecule has 2 N–H and O–H groups in total. The summed E-state index contributed by atoms with van der Waals surface area (Å²) < 4.78 is 12.7. The first-order valence-corrected chi connectivity index (χ1v) is 9.79. The van der Waals surface area contributed by atoms with E-state index >= 15 is 0 Å². The Morgan fingerprint density at radius 2 is 1.84 bits per heavy atom. The maximum Gasteiger partial charge on any atom is 0.191 e. The van der Waals surface area contributed by atoms with E-state index in [9.17, 15) is 0 Å². The third-order valence-electron chi connectivity index (χ3n) is 4.52. The monoisotopic (exact) mass is 536 g/mol. The van der Waals surface area contributed by atoms with Gasteiger partial charge in [-0.1, -0.05) is 24.3 Å². The third-order valence-corrected chi connectivity index (χ3v) is 4.52. The molecule has 3 aromatic rings. The molecule has 9 heteroatoms. The Labute approximate surface area is 200 Å². The van der Waals surface area contributed by atoms with Crippen molar-refractivity contribution in [2.45, 2.75) is 20.0 Å². The number of ether oxygens (including phenoxy) is 2. The number of aliphatic imine (C=N–C) groups is 1. The van der Waals surface area contributed by atoms with Crippen LogP contribution in [0.2, 0.25) is 0 Å². The molecule has 3 rings (SSSR count). The van der Waals surface area contributed by atoms with Crippen molar-refractivity contribution in [3.05, 3.63) is 71.8 Å². The highest BCUT2D eigenvalue weighted by Gasteiger charge is 2.06. The summed E-state index contributed by atoms with van der Waals surface area (Å²) in [6, 6.07) is 14.3. The van der Waals surface area contributed by atoms with Crippen LogP contribution in [0.3, 0.4) is 0 Å². The molecular formula is C22H29IN6O2. The van der Waals surface area contributed by atoms with E-state index < -0.39 is 0 Å². The molecule has 0 saturated carbocycles. The zero-order valence-corrected chi connectivity index (χ0v) is 20.4. The van der Waals surface area contributed by atoms with Crippen molar-refractivity contribution in [2.24, 2.45) is 4.99 Å². The van der Waals surface area contributed by atoms with Gasteiger partial charge in [0.2, 0.25) is 0 Å². The van der Waals surface area contributed by atoms with Crippen molar-refractivity contribution < 1.29 is 9.47 Å². The molecule has 0 amide bonds. The van der Waals surface area contributed by atoms with E-state index in [0.717, 1.165) is 34.1 Å². The van der Waals surface area contributed by atoms with E-state index in [1.54, 1.807) is 25.2 Å². The molecule has 0 radical (unpaired) electrons. The van der Waals surface area contributed by atoms with Crippen LogP contribution >= 0.6 is 24.0 Å². The SMILES string of the molecule is CN=C(NCc1ccc(-n2cncn2)cc1)NCc1ccc(C)cc1OCCOC.I. The Hall–Kier alpha value is -2.66. The van der Waals surface area contributed by atoms with Gasteiger partial charge in [-0.3, -0.25) is 4.99 Å². The summed E-state index contributed by atoms with van der Waals surface area (Å²) in [6.07, 6.45) is 3.20. The topological polar surface area (TPSA) is 85.6 Å². The van der Waals surface area contributed by atoms with Crippen LogP contribution in [0.5, 0.6) is 5.75 Å². The number of hydrogen-bond donors (Lipinski definition) is 2. The highest BCUT2D eigenvalue weighted by Crippen LogP contribution is 2.20. The summed E-state index contributed by atoms with van der Waals surface area (Å²) in [7, 11) is 3.42. The Balaban J connectivity index is 0.00000341. The lowest BCUT2D eigenvalue weighted by molar-refractivity contribution is 0.145. The minimum absolute atomic E-state index is 0. The average Bonchev–Trinajstić information content (AvgIpc) is 3.30. The number of aromatic nitrogens is 3. The molecule has 166 valence electrons. The molecular weight excluding hydrogens is 507 g/mol. The molecule has 0 aliphatic heterocycles. The Kier molecular flexibility index (Phi) is 10.2. The first kappa shape index (κ1) is 24.6. The molecule has 1 aromatic heterocycles. The summed E-state index contributed by atoms with van der Waals surface area (Å²) in [4.78, 5) is 8.28. The zero-order chi connectivity index (χ0) is 21.2. The van der Waals surface area contributed by atoms with Gasteiger partial charge in [0.15, 0.2) is 5.96 Å². The van der Waals surface area contributed by atoms with Gasteiger partial charge in [-0.05, 0) is 36.2 Å². The standard InChI is InChI=1S/C22H28N6O2.HI/c1-17-4-7-19(21(12-17)30-11-10-29-3)14-26-22(23-2)25-13-18-5-8-20(9-6-18)28-16-24-15-27-28;/h4-9,12,15-16H,10-11,13-14H2,1-3H3,(H2,23,25,26);1H. The fourth-order valence-corrected chi connectivity index (χ4v) is 2.87. The predicted octanol–water partition coefficient (Wildman–Crippen LogP) is 3.08. The molecule has 0 atom stereocenters. The lowest BCUT2D eigenvalue weighted by Gasteiger charge is -2.15. The molecule has 0 fully saturated rings. The fourth-order valence-electron chi connectivity index (χ4n) is 2.87. The molecule has 8 nitrogen and oxygen atoms in total. The van der Waals surface area contributed by atoms with Crippen molar-refractivity contribution in [1.29, 1.82) is 0 Å². The van der Waals surface area contributed by atoms with E-state index in [4.69, 9.17) is 9.47 Å². The maximum absolute atomic E-state index is 5.86. The van der Waals surface area contributed by atoms with Gasteiger partial charge in [0.25, 0.3) is 0 Å². The molecule has 0 bridgehead atoms. The zero-order valence-electron chi connectivity index (χ0n) is 18.0. The molecule has 0 saturated heterocycles. The van der Waals surface area contributed by atoms with Gasteiger partial charge in [0.1, 0.15) is 25.0 Å². The van der Waals surface area contributed by atoms with Crippen LogP contribution in [0.25, 0.3) is 5.69 Å². The van der Waals surface area contributed by atoms with Gasteiger partial charge in [0, 0.05) is 32.8 Å². The number of hydrogen-bond acceptors (Lipinski definition) is 5. The summed E-state index contributed by atoms with van der Waals surface area (Å²) in [6.45, 7) is 4.38. The summed E-state index contributed by atoms with van der Waals surface area (Å²) in [5.41, 5.74) is 4.33. The third kappa shape index (κ3) is 7.51. The van der Waals surface area contributed by atoms with Crippen molar-refractivity contribution in [2.75, 3.05) is 27.4 Å². The van der Waals surface area contributed by atoms with E-state index in [1.165, 1.54) is 6.33 Å². The van der Waals surface area contributed by atoms with Gasteiger partial charge in [-0.25, -0.2) is 9.67 Å². The first-order chi connectivity index (χ1) is 14.7.